The minimum atomic E-state index is -1.05. The van der Waals surface area contributed by atoms with Crippen LogP contribution in [0.4, 0.5) is 0 Å². The first-order chi connectivity index (χ1) is 20.1. The lowest BCUT2D eigenvalue weighted by Crippen LogP contribution is -2.46. The number of amides is 2. The summed E-state index contributed by atoms with van der Waals surface area (Å²) in [6.07, 6.45) is 2.91. The minimum absolute atomic E-state index is 0. The van der Waals surface area contributed by atoms with E-state index in [0.29, 0.717) is 25.8 Å². The fraction of sp³-hybridized carbons (Fsp3) is 0.387. The van der Waals surface area contributed by atoms with E-state index in [1.54, 1.807) is 20.8 Å². The predicted octanol–water partition coefficient (Wildman–Crippen LogP) is 3.49. The largest absolute Gasteiger partial charge is 0.459 e. The van der Waals surface area contributed by atoms with Crippen molar-refractivity contribution in [3.63, 3.8) is 0 Å². The third-order valence-corrected chi connectivity index (χ3v) is 6.12. The summed E-state index contributed by atoms with van der Waals surface area (Å²) in [5, 5.41) is 5.32. The number of H-pyrrole nitrogens is 1. The molecule has 0 aliphatic carbocycles. The number of benzene rings is 2. The third-order valence-electron chi connectivity index (χ3n) is 6.12. The average molecular weight is 614 g/mol. The van der Waals surface area contributed by atoms with Crippen molar-refractivity contribution in [2.24, 2.45) is 5.73 Å². The van der Waals surface area contributed by atoms with E-state index in [0.717, 1.165) is 11.1 Å². The lowest BCUT2D eigenvalue weighted by molar-refractivity contribution is -0.157. The molecule has 0 unspecified atom stereocenters. The van der Waals surface area contributed by atoms with Crippen LogP contribution in [0.1, 0.15) is 72.1 Å². The van der Waals surface area contributed by atoms with E-state index in [1.165, 1.54) is 6.33 Å². The SMILES string of the molecule is CC(C)(C)OC(=O)[C@H](CCCCN)NC(=O)c1[nH]cnc1C(=O)N[C@@H](Cc1ccccc1)C(=O)OCc1ccccc1.Cl. The molecule has 5 N–H and O–H groups in total. The van der Waals surface area contributed by atoms with Crippen molar-refractivity contribution >= 4 is 36.2 Å². The third kappa shape index (κ3) is 11.5. The first-order valence-corrected chi connectivity index (χ1v) is 13.9. The maximum absolute atomic E-state index is 13.3. The van der Waals surface area contributed by atoms with Crippen molar-refractivity contribution in [2.75, 3.05) is 6.54 Å². The van der Waals surface area contributed by atoms with E-state index in [2.05, 4.69) is 20.6 Å². The molecule has 2 aromatic carbocycles. The smallest absolute Gasteiger partial charge is 0.329 e. The van der Waals surface area contributed by atoms with Crippen molar-refractivity contribution in [3.8, 4) is 0 Å². The summed E-state index contributed by atoms with van der Waals surface area (Å²) in [6.45, 7) is 5.68. The molecule has 11 nitrogen and oxygen atoms in total. The van der Waals surface area contributed by atoms with Crippen LogP contribution in [0.25, 0.3) is 0 Å². The second-order valence-corrected chi connectivity index (χ2v) is 10.8. The van der Waals surface area contributed by atoms with E-state index in [-0.39, 0.29) is 36.8 Å². The van der Waals surface area contributed by atoms with Gasteiger partial charge in [0.15, 0.2) is 5.69 Å². The monoisotopic (exact) mass is 613 g/mol. The fourth-order valence-corrected chi connectivity index (χ4v) is 4.08. The second kappa shape index (κ2) is 17.0. The molecule has 232 valence electrons. The Morgan fingerprint density at radius 2 is 1.47 bits per heavy atom. The first kappa shape index (κ1) is 35.0. The Balaban J connectivity index is 0.00000645. The number of rotatable bonds is 14. The number of aromatic amines is 1. The van der Waals surface area contributed by atoms with E-state index >= 15 is 0 Å². The molecule has 0 saturated carbocycles. The summed E-state index contributed by atoms with van der Waals surface area (Å²) in [5.74, 6) is -2.70. The Morgan fingerprint density at radius 3 is 2.07 bits per heavy atom. The number of hydrogen-bond acceptors (Lipinski definition) is 8. The molecule has 12 heteroatoms. The summed E-state index contributed by atoms with van der Waals surface area (Å²) in [6, 6.07) is 16.3. The van der Waals surface area contributed by atoms with E-state index in [4.69, 9.17) is 15.2 Å². The molecule has 0 saturated heterocycles. The van der Waals surface area contributed by atoms with Crippen LogP contribution in [0, 0.1) is 0 Å². The first-order valence-electron chi connectivity index (χ1n) is 13.9. The number of nitrogens with two attached hydrogens (primary N) is 1. The van der Waals surface area contributed by atoms with Gasteiger partial charge in [0.25, 0.3) is 11.8 Å². The quantitative estimate of drug-likeness (QED) is 0.158. The summed E-state index contributed by atoms with van der Waals surface area (Å²) >= 11 is 0. The van der Waals surface area contributed by atoms with Crippen LogP contribution in [0.5, 0.6) is 0 Å². The van der Waals surface area contributed by atoms with Gasteiger partial charge < -0.3 is 30.8 Å². The molecule has 1 heterocycles. The molecule has 3 rings (SSSR count). The summed E-state index contributed by atoms with van der Waals surface area (Å²) in [4.78, 5) is 59.2. The normalized spacial score (nSPS) is 12.3. The molecule has 0 radical (unpaired) electrons. The highest BCUT2D eigenvalue weighted by molar-refractivity contribution is 6.06. The molecule has 0 aliphatic heterocycles. The Bertz CT molecular complexity index is 1330. The Morgan fingerprint density at radius 1 is 0.860 bits per heavy atom. The van der Waals surface area contributed by atoms with Gasteiger partial charge in [0, 0.05) is 6.42 Å². The summed E-state index contributed by atoms with van der Waals surface area (Å²) < 4.78 is 11.0. The molecule has 3 aromatic rings. The molecule has 0 fully saturated rings. The van der Waals surface area contributed by atoms with Crippen molar-refractivity contribution < 1.29 is 28.7 Å². The number of halogens is 1. The summed E-state index contributed by atoms with van der Waals surface area (Å²) in [7, 11) is 0. The molecular weight excluding hydrogens is 574 g/mol. The standard InChI is InChI=1S/C31H39N5O6.ClH/c1-31(2,3)42-30(40)23(16-10-11-17-32)35-27(37)25-26(34-20-33-25)28(38)36-24(18-21-12-6-4-7-13-21)29(39)41-19-22-14-8-5-9-15-22;/h4-9,12-15,20,23-24H,10-11,16-19,32H2,1-3H3,(H,33,34)(H,35,37)(H,36,38);1H/t23-,24-;/m0./s1. The second-order valence-electron chi connectivity index (χ2n) is 10.8. The Labute approximate surface area is 257 Å². The molecule has 2 atom stereocenters. The average Bonchev–Trinajstić information content (AvgIpc) is 3.46. The van der Waals surface area contributed by atoms with Crippen molar-refractivity contribution in [3.05, 3.63) is 89.5 Å². The minimum Gasteiger partial charge on any atom is -0.459 e. The molecule has 0 bridgehead atoms. The number of carbonyl (C=O) groups is 4. The number of aromatic nitrogens is 2. The van der Waals surface area contributed by atoms with Crippen LogP contribution in [-0.2, 0) is 32.1 Å². The van der Waals surface area contributed by atoms with Gasteiger partial charge in [-0.25, -0.2) is 14.6 Å². The van der Waals surface area contributed by atoms with Crippen LogP contribution >= 0.6 is 12.4 Å². The molecule has 43 heavy (non-hydrogen) atoms. The van der Waals surface area contributed by atoms with E-state index in [9.17, 15) is 19.2 Å². The predicted molar refractivity (Wildman–Crippen MR) is 163 cm³/mol. The van der Waals surface area contributed by atoms with Gasteiger partial charge in [-0.3, -0.25) is 9.59 Å². The van der Waals surface area contributed by atoms with Crippen LogP contribution in [0.3, 0.4) is 0 Å². The maximum Gasteiger partial charge on any atom is 0.329 e. The highest BCUT2D eigenvalue weighted by Gasteiger charge is 2.31. The number of ether oxygens (including phenoxy) is 2. The van der Waals surface area contributed by atoms with E-state index < -0.39 is 41.4 Å². The highest BCUT2D eigenvalue weighted by Crippen LogP contribution is 2.14. The van der Waals surface area contributed by atoms with E-state index in [1.807, 2.05) is 60.7 Å². The summed E-state index contributed by atoms with van der Waals surface area (Å²) in [5.41, 5.74) is 6.05. The number of nitrogens with zero attached hydrogens (tertiary/aromatic N) is 1. The Hall–Kier alpha value is -4.22. The van der Waals surface area contributed by atoms with Gasteiger partial charge in [0.1, 0.15) is 30.0 Å². The molecule has 0 aliphatic rings. The number of esters is 2. The zero-order chi connectivity index (χ0) is 30.5. The molecule has 2 amide bonds. The maximum atomic E-state index is 13.3. The zero-order valence-electron chi connectivity index (χ0n) is 24.6. The number of unbranched alkanes of at least 4 members (excludes halogenated alkanes) is 1. The van der Waals surface area contributed by atoms with Crippen molar-refractivity contribution in [1.29, 1.82) is 0 Å². The van der Waals surface area contributed by atoms with Crippen LogP contribution in [0.15, 0.2) is 67.0 Å². The Kier molecular flexibility index (Phi) is 13.9. The van der Waals surface area contributed by atoms with Gasteiger partial charge in [-0.1, -0.05) is 60.7 Å². The van der Waals surface area contributed by atoms with Crippen LogP contribution in [0.2, 0.25) is 0 Å². The van der Waals surface area contributed by atoms with Crippen LogP contribution in [-0.4, -0.2) is 58.0 Å². The van der Waals surface area contributed by atoms with Crippen molar-refractivity contribution in [1.82, 2.24) is 20.6 Å². The van der Waals surface area contributed by atoms with Gasteiger partial charge in [-0.2, -0.15) is 0 Å². The van der Waals surface area contributed by atoms with Gasteiger partial charge in [-0.15, -0.1) is 12.4 Å². The molecular formula is C31H40ClN5O6. The van der Waals surface area contributed by atoms with Gasteiger partial charge in [0.05, 0.1) is 6.33 Å². The van der Waals surface area contributed by atoms with Crippen LogP contribution < -0.4 is 16.4 Å². The molecule has 0 spiro atoms. The fourth-order valence-electron chi connectivity index (χ4n) is 4.08. The van der Waals surface area contributed by atoms with Crippen molar-refractivity contribution in [2.45, 2.75) is 70.7 Å². The zero-order valence-corrected chi connectivity index (χ0v) is 25.4. The number of imidazole rings is 1. The van der Waals surface area contributed by atoms with Gasteiger partial charge in [0.2, 0.25) is 0 Å². The number of carbonyl (C=O) groups excluding carboxylic acids is 4. The topological polar surface area (TPSA) is 165 Å². The van der Waals surface area contributed by atoms with Gasteiger partial charge in [-0.05, 0) is 57.7 Å². The lowest BCUT2D eigenvalue weighted by Gasteiger charge is -2.24. The van der Waals surface area contributed by atoms with Gasteiger partial charge >= 0.3 is 11.9 Å². The molecule has 1 aromatic heterocycles. The number of nitrogens with one attached hydrogen (secondary N) is 3. The number of hydrogen-bond donors (Lipinski definition) is 4. The lowest BCUT2D eigenvalue weighted by atomic mass is 10.1. The highest BCUT2D eigenvalue weighted by atomic mass is 35.5.